The third-order valence-corrected chi connectivity index (χ3v) is 5.57. The monoisotopic (exact) mass is 383 g/mol. The number of amides is 2. The average molecular weight is 383 g/mol. The maximum absolute atomic E-state index is 12.8. The predicted molar refractivity (Wildman–Crippen MR) is 106 cm³/mol. The molecule has 27 heavy (non-hydrogen) atoms. The van der Waals surface area contributed by atoms with E-state index in [1.54, 1.807) is 47.3 Å². The van der Waals surface area contributed by atoms with Gasteiger partial charge in [0.2, 0.25) is 11.9 Å². The molecule has 1 atom stereocenters. The van der Waals surface area contributed by atoms with Gasteiger partial charge in [0.05, 0.1) is 17.0 Å². The number of nitriles is 1. The minimum absolute atomic E-state index is 0.112. The maximum Gasteiger partial charge on any atom is 0.250 e. The molecule has 1 saturated heterocycles. The second kappa shape index (κ2) is 7.84. The lowest BCUT2D eigenvalue weighted by atomic mass is 10.2. The van der Waals surface area contributed by atoms with Gasteiger partial charge in [0, 0.05) is 18.4 Å². The molecule has 2 heterocycles. The van der Waals surface area contributed by atoms with Crippen LogP contribution in [0.15, 0.2) is 29.8 Å². The number of hydrogen-bond donors (Lipinski definition) is 1. The van der Waals surface area contributed by atoms with Crippen molar-refractivity contribution in [2.75, 3.05) is 16.9 Å². The molecule has 3 rings (SSSR count). The Bertz CT molecular complexity index is 972. The molecule has 1 aromatic carbocycles. The van der Waals surface area contributed by atoms with Gasteiger partial charge in [-0.1, -0.05) is 19.1 Å². The molecule has 1 N–H and O–H groups in total. The van der Waals surface area contributed by atoms with Gasteiger partial charge in [-0.2, -0.15) is 5.26 Å². The fourth-order valence-corrected chi connectivity index (χ4v) is 4.24. The molecule has 7 nitrogen and oxygen atoms in total. The van der Waals surface area contributed by atoms with Crippen LogP contribution in [0.25, 0.3) is 11.0 Å². The van der Waals surface area contributed by atoms with Crippen LogP contribution < -0.4 is 5.32 Å². The Kier molecular flexibility index (Phi) is 5.51. The molecule has 1 aromatic heterocycles. The van der Waals surface area contributed by atoms with Crippen LogP contribution in [0, 0.1) is 11.3 Å². The molecule has 8 heteroatoms. The van der Waals surface area contributed by atoms with E-state index in [0.717, 1.165) is 11.9 Å². The third kappa shape index (κ3) is 3.55. The van der Waals surface area contributed by atoms with Crippen molar-refractivity contribution < 1.29 is 9.59 Å². The zero-order chi connectivity index (χ0) is 19.6. The summed E-state index contributed by atoms with van der Waals surface area (Å²) >= 11 is 1.56. The second-order valence-corrected chi connectivity index (χ2v) is 7.35. The van der Waals surface area contributed by atoms with Gasteiger partial charge in [-0.3, -0.25) is 14.9 Å². The third-order valence-electron chi connectivity index (χ3n) is 4.56. The number of para-hydroxylation sites is 1. The highest BCUT2D eigenvalue weighted by molar-refractivity contribution is 7.99. The first-order valence-corrected chi connectivity index (χ1v) is 9.85. The summed E-state index contributed by atoms with van der Waals surface area (Å²) in [5, 5.41) is 12.1. The number of nitrogens with zero attached hydrogens (tertiary/aromatic N) is 4. The summed E-state index contributed by atoms with van der Waals surface area (Å²) in [6.45, 7) is 3.75. The van der Waals surface area contributed by atoms with E-state index < -0.39 is 6.04 Å². The van der Waals surface area contributed by atoms with Crippen LogP contribution in [0.3, 0.4) is 0 Å². The van der Waals surface area contributed by atoms with Crippen LogP contribution in [0.4, 0.5) is 5.95 Å². The van der Waals surface area contributed by atoms with Crippen LogP contribution in [-0.2, 0) is 16.6 Å². The number of nitrogens with one attached hydrogen (secondary N) is 1. The summed E-state index contributed by atoms with van der Waals surface area (Å²) in [6.07, 6.45) is 2.64. The van der Waals surface area contributed by atoms with Crippen LogP contribution >= 0.6 is 11.8 Å². The highest BCUT2D eigenvalue weighted by Gasteiger charge is 2.35. The Morgan fingerprint density at radius 3 is 2.96 bits per heavy atom. The smallest absolute Gasteiger partial charge is 0.250 e. The van der Waals surface area contributed by atoms with Gasteiger partial charge in [0.15, 0.2) is 0 Å². The fourth-order valence-electron chi connectivity index (χ4n) is 3.09. The molecule has 0 radical (unpaired) electrons. The maximum atomic E-state index is 12.8. The lowest BCUT2D eigenvalue weighted by Gasteiger charge is -2.23. The lowest BCUT2D eigenvalue weighted by Crippen LogP contribution is -2.45. The molecule has 0 spiro atoms. The molecule has 1 fully saturated rings. The van der Waals surface area contributed by atoms with Gasteiger partial charge >= 0.3 is 0 Å². The number of hydrogen-bond acceptors (Lipinski definition) is 5. The van der Waals surface area contributed by atoms with Gasteiger partial charge in [-0.05, 0) is 25.5 Å². The van der Waals surface area contributed by atoms with Crippen molar-refractivity contribution in [3.8, 4) is 6.07 Å². The minimum Gasteiger partial charge on any atom is -0.317 e. The van der Waals surface area contributed by atoms with E-state index in [-0.39, 0.29) is 11.8 Å². The quantitative estimate of drug-likeness (QED) is 0.820. The number of fused-ring (bicyclic) bond motifs is 1. The summed E-state index contributed by atoms with van der Waals surface area (Å²) in [4.78, 5) is 31.5. The Labute approximate surface area is 162 Å². The molecule has 2 amide bonds. The Morgan fingerprint density at radius 2 is 2.26 bits per heavy atom. The fraction of sp³-hybridized carbons (Fsp3) is 0.368. The normalized spacial score (nSPS) is 17.2. The summed E-state index contributed by atoms with van der Waals surface area (Å²) < 4.78 is 1.74. The summed E-state index contributed by atoms with van der Waals surface area (Å²) in [5.41, 5.74) is 2.42. The largest absolute Gasteiger partial charge is 0.317 e. The number of thioether (sulfide) groups is 1. The van der Waals surface area contributed by atoms with Crippen molar-refractivity contribution in [2.45, 2.75) is 26.3 Å². The van der Waals surface area contributed by atoms with Gasteiger partial charge in [-0.25, -0.2) is 4.98 Å². The predicted octanol–water partition coefficient (Wildman–Crippen LogP) is 2.64. The van der Waals surface area contributed by atoms with E-state index in [9.17, 15) is 14.9 Å². The number of allylic oxidation sites excluding steroid dienone is 1. The van der Waals surface area contributed by atoms with Crippen molar-refractivity contribution >= 4 is 40.6 Å². The SMILES string of the molecule is CC/C=C(\C)C(=O)N1CSCC1C(=O)Nc1nc2c(C#N)cccc2n1C. The molecular formula is C19H21N5O2S. The first-order chi connectivity index (χ1) is 13.0. The van der Waals surface area contributed by atoms with Crippen LogP contribution in [0.1, 0.15) is 25.8 Å². The van der Waals surface area contributed by atoms with Crippen molar-refractivity contribution in [1.82, 2.24) is 14.5 Å². The second-order valence-electron chi connectivity index (χ2n) is 6.35. The Hall–Kier alpha value is -2.79. The number of carbonyl (C=O) groups is 2. The van der Waals surface area contributed by atoms with E-state index in [2.05, 4.69) is 16.4 Å². The van der Waals surface area contributed by atoms with Crippen LogP contribution in [-0.4, -0.2) is 43.9 Å². The number of aromatic nitrogens is 2. The summed E-state index contributed by atoms with van der Waals surface area (Å²) in [7, 11) is 1.78. The molecule has 2 aromatic rings. The number of anilines is 1. The number of imidazole rings is 1. The van der Waals surface area contributed by atoms with Gasteiger partial charge in [-0.15, -0.1) is 11.8 Å². The van der Waals surface area contributed by atoms with Gasteiger partial charge in [0.1, 0.15) is 17.6 Å². The van der Waals surface area contributed by atoms with Gasteiger partial charge < -0.3 is 9.47 Å². The van der Waals surface area contributed by atoms with Crippen molar-refractivity contribution in [3.63, 3.8) is 0 Å². The van der Waals surface area contributed by atoms with Crippen molar-refractivity contribution in [2.24, 2.45) is 7.05 Å². The van der Waals surface area contributed by atoms with E-state index in [1.165, 1.54) is 0 Å². The van der Waals surface area contributed by atoms with Crippen molar-refractivity contribution in [3.05, 3.63) is 35.4 Å². The zero-order valence-corrected chi connectivity index (χ0v) is 16.3. The van der Waals surface area contributed by atoms with E-state index in [4.69, 9.17) is 0 Å². The van der Waals surface area contributed by atoms with Crippen molar-refractivity contribution in [1.29, 1.82) is 5.26 Å². The van der Waals surface area contributed by atoms with Gasteiger partial charge in [0.25, 0.3) is 5.91 Å². The summed E-state index contributed by atoms with van der Waals surface area (Å²) in [6, 6.07) is 6.89. The lowest BCUT2D eigenvalue weighted by molar-refractivity contribution is -0.133. The van der Waals surface area contributed by atoms with E-state index >= 15 is 0 Å². The number of aryl methyl sites for hydroxylation is 1. The molecule has 1 aliphatic rings. The van der Waals surface area contributed by atoms with Crippen LogP contribution in [0.2, 0.25) is 0 Å². The number of carbonyl (C=O) groups excluding carboxylic acids is 2. The van der Waals surface area contributed by atoms with Crippen LogP contribution in [0.5, 0.6) is 0 Å². The first kappa shape index (κ1) is 19.0. The highest BCUT2D eigenvalue weighted by atomic mass is 32.2. The molecule has 0 aliphatic carbocycles. The molecule has 140 valence electrons. The topological polar surface area (TPSA) is 91.0 Å². The first-order valence-electron chi connectivity index (χ1n) is 8.69. The van der Waals surface area contributed by atoms with E-state index in [0.29, 0.717) is 34.2 Å². The minimum atomic E-state index is -0.544. The average Bonchev–Trinajstić information content (AvgIpc) is 3.27. The standard InChI is InChI=1S/C19H21N5O2S/c1-4-6-12(2)18(26)24-11-27-10-15(24)17(25)22-19-21-16-13(9-20)7-5-8-14(16)23(19)3/h5-8,15H,4,10-11H2,1-3H3,(H,21,22,25)/b12-6+. The zero-order valence-electron chi connectivity index (χ0n) is 15.5. The molecule has 0 bridgehead atoms. The Morgan fingerprint density at radius 1 is 1.48 bits per heavy atom. The number of rotatable bonds is 4. The molecular weight excluding hydrogens is 362 g/mol. The van der Waals surface area contributed by atoms with E-state index in [1.807, 2.05) is 19.1 Å². The molecule has 0 saturated carbocycles. The molecule has 1 aliphatic heterocycles. The number of benzene rings is 1. The summed E-state index contributed by atoms with van der Waals surface area (Å²) in [5.74, 6) is 1.02. The highest BCUT2D eigenvalue weighted by Crippen LogP contribution is 2.25. The molecule has 1 unspecified atom stereocenters. The Balaban J connectivity index is 1.84.